The maximum absolute atomic E-state index is 13.8. The summed E-state index contributed by atoms with van der Waals surface area (Å²) in [6.45, 7) is 6.66. The molecule has 4 heterocycles. The predicted octanol–water partition coefficient (Wildman–Crippen LogP) is 1.88. The van der Waals surface area contributed by atoms with Crippen LogP contribution in [0.1, 0.15) is 55.6 Å². The molecule has 2 fully saturated rings. The SMILES string of the molecule is Cc1cc2nc(CCC(=O)N3CCC4(CC3)C[C@@](C)(O)[C@H](n3cc(F)c(=O)[nH]c3=O)CO4)[nH]c2cc1C. The number of aromatic amines is 2. The van der Waals surface area contributed by atoms with Crippen LogP contribution in [0.5, 0.6) is 0 Å². The number of amides is 1. The van der Waals surface area contributed by atoms with Crippen LogP contribution in [0.25, 0.3) is 11.0 Å². The summed E-state index contributed by atoms with van der Waals surface area (Å²) in [5, 5.41) is 11.2. The minimum absolute atomic E-state index is 0.0165. The molecule has 2 aliphatic rings. The van der Waals surface area contributed by atoms with E-state index < -0.39 is 34.3 Å². The molecule has 3 N–H and O–H groups in total. The Kier molecular flexibility index (Phi) is 6.31. The van der Waals surface area contributed by atoms with Crippen LogP contribution >= 0.6 is 0 Å². The largest absolute Gasteiger partial charge is 0.388 e. The number of nitrogens with zero attached hydrogens (tertiary/aromatic N) is 3. The number of aryl methyl sites for hydroxylation is 3. The molecule has 198 valence electrons. The zero-order valence-electron chi connectivity index (χ0n) is 21.3. The van der Waals surface area contributed by atoms with Crippen LogP contribution in [0.2, 0.25) is 0 Å². The highest BCUT2D eigenvalue weighted by atomic mass is 19.1. The number of benzene rings is 1. The Hall–Kier alpha value is -3.31. The highest BCUT2D eigenvalue weighted by molar-refractivity contribution is 5.78. The Morgan fingerprint density at radius 1 is 1.22 bits per heavy atom. The summed E-state index contributed by atoms with van der Waals surface area (Å²) in [6.07, 6.45) is 2.97. The summed E-state index contributed by atoms with van der Waals surface area (Å²) in [5.74, 6) is -0.276. The fourth-order valence-electron chi connectivity index (χ4n) is 5.64. The summed E-state index contributed by atoms with van der Waals surface area (Å²) >= 11 is 0. The number of piperidine rings is 1. The van der Waals surface area contributed by atoms with Crippen LogP contribution in [0, 0.1) is 19.7 Å². The first-order chi connectivity index (χ1) is 17.5. The van der Waals surface area contributed by atoms with Crippen molar-refractivity contribution in [3.8, 4) is 0 Å². The Labute approximate surface area is 212 Å². The van der Waals surface area contributed by atoms with Gasteiger partial charge < -0.3 is 19.7 Å². The minimum atomic E-state index is -1.38. The summed E-state index contributed by atoms with van der Waals surface area (Å²) in [6, 6.07) is 3.26. The van der Waals surface area contributed by atoms with Crippen molar-refractivity contribution in [3.63, 3.8) is 0 Å². The number of rotatable bonds is 4. The summed E-state index contributed by atoms with van der Waals surface area (Å²) in [7, 11) is 0. The van der Waals surface area contributed by atoms with E-state index in [1.165, 1.54) is 11.1 Å². The average Bonchev–Trinajstić information content (AvgIpc) is 3.22. The number of fused-ring (bicyclic) bond motifs is 1. The lowest BCUT2D eigenvalue weighted by Crippen LogP contribution is -2.59. The fraction of sp³-hybridized carbons (Fsp3) is 0.538. The topological polar surface area (TPSA) is 133 Å². The van der Waals surface area contributed by atoms with Crippen molar-refractivity contribution < 1.29 is 19.0 Å². The number of halogens is 1. The second-order valence-electron chi connectivity index (χ2n) is 10.7. The quantitative estimate of drug-likeness (QED) is 0.488. The molecule has 0 bridgehead atoms. The van der Waals surface area contributed by atoms with E-state index in [9.17, 15) is 23.9 Å². The number of ether oxygens (including phenoxy) is 1. The van der Waals surface area contributed by atoms with Gasteiger partial charge in [-0.2, -0.15) is 4.39 Å². The summed E-state index contributed by atoms with van der Waals surface area (Å²) < 4.78 is 21.0. The Balaban J connectivity index is 1.19. The molecule has 1 amide bonds. The number of carbonyl (C=O) groups is 1. The molecule has 2 aromatic heterocycles. The number of carbonyl (C=O) groups excluding carboxylic acids is 1. The molecule has 2 aliphatic heterocycles. The van der Waals surface area contributed by atoms with Gasteiger partial charge in [-0.15, -0.1) is 0 Å². The smallest absolute Gasteiger partial charge is 0.328 e. The standard InChI is InChI=1S/C26H32FN5O5/c1-15-10-18-19(11-16(15)2)29-21(28-18)4-5-22(33)31-8-6-26(7-9-31)14-25(3,36)20(13-37-26)32-12-17(27)23(34)30-24(32)35/h10-12,20,36H,4-9,13-14H2,1-3H3,(H,28,29)(H,30,34,35)/t20-,25-/m1/s1. The Morgan fingerprint density at radius 3 is 2.62 bits per heavy atom. The maximum Gasteiger partial charge on any atom is 0.328 e. The average molecular weight is 514 g/mol. The summed E-state index contributed by atoms with van der Waals surface area (Å²) in [5.41, 5.74) is 0.315. The number of hydrogen-bond acceptors (Lipinski definition) is 6. The third kappa shape index (κ3) is 4.85. The van der Waals surface area contributed by atoms with Crippen LogP contribution in [-0.2, 0) is 16.0 Å². The molecule has 5 rings (SSSR count). The number of imidazole rings is 1. The van der Waals surface area contributed by atoms with Crippen molar-refractivity contribution in [3.05, 3.63) is 61.9 Å². The number of likely N-dealkylation sites (tertiary alicyclic amines) is 1. The predicted molar refractivity (Wildman–Crippen MR) is 134 cm³/mol. The van der Waals surface area contributed by atoms with Crippen LogP contribution in [-0.4, -0.2) is 66.3 Å². The van der Waals surface area contributed by atoms with Gasteiger partial charge in [0, 0.05) is 32.4 Å². The molecule has 0 saturated carbocycles. The first-order valence-corrected chi connectivity index (χ1v) is 12.6. The van der Waals surface area contributed by atoms with Crippen molar-refractivity contribution in [1.29, 1.82) is 0 Å². The highest BCUT2D eigenvalue weighted by Crippen LogP contribution is 2.43. The molecule has 11 heteroatoms. The van der Waals surface area contributed by atoms with Gasteiger partial charge in [-0.3, -0.25) is 19.1 Å². The van der Waals surface area contributed by atoms with E-state index in [4.69, 9.17) is 4.74 Å². The van der Waals surface area contributed by atoms with Gasteiger partial charge in [-0.05, 0) is 56.9 Å². The van der Waals surface area contributed by atoms with Gasteiger partial charge in [-0.1, -0.05) is 0 Å². The molecule has 10 nitrogen and oxygen atoms in total. The summed E-state index contributed by atoms with van der Waals surface area (Å²) in [4.78, 5) is 48.2. The zero-order valence-corrected chi connectivity index (χ0v) is 21.3. The lowest BCUT2D eigenvalue weighted by Gasteiger charge is -2.51. The Bertz CT molecular complexity index is 1430. The number of aromatic nitrogens is 4. The van der Waals surface area contributed by atoms with E-state index in [0.29, 0.717) is 38.8 Å². The van der Waals surface area contributed by atoms with Crippen molar-refractivity contribution in [2.75, 3.05) is 19.7 Å². The van der Waals surface area contributed by atoms with Gasteiger partial charge in [0.25, 0.3) is 5.56 Å². The highest BCUT2D eigenvalue weighted by Gasteiger charge is 2.50. The lowest BCUT2D eigenvalue weighted by molar-refractivity contribution is -0.198. The number of hydrogen-bond donors (Lipinski definition) is 3. The van der Waals surface area contributed by atoms with Crippen molar-refractivity contribution >= 4 is 16.9 Å². The zero-order chi connectivity index (χ0) is 26.5. The molecule has 0 radical (unpaired) electrons. The molecule has 3 aromatic rings. The van der Waals surface area contributed by atoms with E-state index in [0.717, 1.165) is 27.6 Å². The van der Waals surface area contributed by atoms with Gasteiger partial charge in [0.15, 0.2) is 0 Å². The molecular formula is C26H32FN5O5. The van der Waals surface area contributed by atoms with Crippen LogP contribution in [0.3, 0.4) is 0 Å². The van der Waals surface area contributed by atoms with E-state index in [2.05, 4.69) is 29.9 Å². The molecule has 2 atom stereocenters. The second-order valence-corrected chi connectivity index (χ2v) is 10.7. The molecule has 0 aliphatic carbocycles. The van der Waals surface area contributed by atoms with E-state index in [1.54, 1.807) is 6.92 Å². The van der Waals surface area contributed by atoms with Crippen molar-refractivity contribution in [2.45, 2.75) is 70.1 Å². The van der Waals surface area contributed by atoms with Crippen LogP contribution in [0.4, 0.5) is 4.39 Å². The van der Waals surface area contributed by atoms with Crippen molar-refractivity contribution in [2.24, 2.45) is 0 Å². The molecule has 37 heavy (non-hydrogen) atoms. The lowest BCUT2D eigenvalue weighted by atomic mass is 9.75. The van der Waals surface area contributed by atoms with Crippen LogP contribution < -0.4 is 11.2 Å². The van der Waals surface area contributed by atoms with Gasteiger partial charge >= 0.3 is 5.69 Å². The molecule has 2 saturated heterocycles. The normalized spacial score (nSPS) is 23.6. The van der Waals surface area contributed by atoms with E-state index in [-0.39, 0.29) is 18.9 Å². The minimum Gasteiger partial charge on any atom is -0.388 e. The molecule has 1 aromatic carbocycles. The van der Waals surface area contributed by atoms with E-state index in [1.807, 2.05) is 16.0 Å². The Morgan fingerprint density at radius 2 is 1.92 bits per heavy atom. The molecular weight excluding hydrogens is 481 g/mol. The molecule has 0 unspecified atom stereocenters. The molecule has 1 spiro atoms. The second kappa shape index (κ2) is 9.21. The van der Waals surface area contributed by atoms with Crippen LogP contribution in [0.15, 0.2) is 27.9 Å². The van der Waals surface area contributed by atoms with Gasteiger partial charge in [0.2, 0.25) is 11.7 Å². The maximum atomic E-state index is 13.8. The monoisotopic (exact) mass is 513 g/mol. The number of nitrogens with one attached hydrogen (secondary N) is 2. The fourth-order valence-corrected chi connectivity index (χ4v) is 5.64. The third-order valence-corrected chi connectivity index (χ3v) is 7.95. The van der Waals surface area contributed by atoms with Crippen molar-refractivity contribution in [1.82, 2.24) is 24.4 Å². The first kappa shape index (κ1) is 25.3. The first-order valence-electron chi connectivity index (χ1n) is 12.6. The number of H-pyrrole nitrogens is 2. The van der Waals surface area contributed by atoms with Gasteiger partial charge in [-0.25, -0.2) is 9.78 Å². The van der Waals surface area contributed by atoms with Gasteiger partial charge in [0.1, 0.15) is 5.82 Å². The van der Waals surface area contributed by atoms with Gasteiger partial charge in [0.05, 0.1) is 41.1 Å². The number of aliphatic hydroxyl groups is 1. The van der Waals surface area contributed by atoms with E-state index >= 15 is 0 Å². The third-order valence-electron chi connectivity index (χ3n) is 7.95.